The molecule has 28 heavy (non-hydrogen) atoms. The van der Waals surface area contributed by atoms with E-state index in [1.54, 1.807) is 12.1 Å². The number of hydrogen-bond donors (Lipinski definition) is 2. The molecule has 1 atom stereocenters. The largest absolute Gasteiger partial charge is 0.507 e. The molecule has 0 saturated heterocycles. The number of aromatic hydroxyl groups is 1. The van der Waals surface area contributed by atoms with Crippen LogP contribution in [0.4, 0.5) is 4.39 Å². The van der Waals surface area contributed by atoms with Gasteiger partial charge in [-0.1, -0.05) is 12.1 Å². The van der Waals surface area contributed by atoms with Crippen molar-refractivity contribution in [1.29, 1.82) is 0 Å². The van der Waals surface area contributed by atoms with Crippen molar-refractivity contribution in [1.82, 2.24) is 9.88 Å². The van der Waals surface area contributed by atoms with Crippen molar-refractivity contribution in [2.45, 2.75) is 13.0 Å². The molecule has 0 amide bonds. The first-order valence-electron chi connectivity index (χ1n) is 8.60. The molecule has 7 heteroatoms. The average Bonchev–Trinajstić information content (AvgIpc) is 3.12. The number of rotatable bonds is 3. The molecule has 0 saturated carbocycles. The topological polar surface area (TPSA) is 56.3 Å². The lowest BCUT2D eigenvalue weighted by Crippen LogP contribution is -2.17. The summed E-state index contributed by atoms with van der Waals surface area (Å²) in [6.45, 7) is 1.94. The average molecular weight is 419 g/mol. The van der Waals surface area contributed by atoms with Crippen molar-refractivity contribution < 1.29 is 9.50 Å². The molecular weight excluding hydrogens is 399 g/mol. The van der Waals surface area contributed by atoms with Crippen LogP contribution in [0.2, 0.25) is 0 Å². The third-order valence-corrected chi connectivity index (χ3v) is 6.00. The zero-order valence-corrected chi connectivity index (χ0v) is 17.2. The van der Waals surface area contributed by atoms with Gasteiger partial charge in [0.2, 0.25) is 0 Å². The fourth-order valence-corrected chi connectivity index (χ4v) is 4.22. The number of nitrogens with zero attached hydrogens (tertiary/aromatic N) is 1. The van der Waals surface area contributed by atoms with Crippen LogP contribution in [-0.4, -0.2) is 29.1 Å². The number of halogens is 2. The summed E-state index contributed by atoms with van der Waals surface area (Å²) in [6.07, 6.45) is 0. The lowest BCUT2D eigenvalue weighted by atomic mass is 9.95. The molecule has 0 aliphatic heterocycles. The Morgan fingerprint density at radius 3 is 2.61 bits per heavy atom. The summed E-state index contributed by atoms with van der Waals surface area (Å²) in [5.41, 5.74) is 2.15. The van der Waals surface area contributed by atoms with E-state index in [0.717, 1.165) is 10.8 Å². The van der Waals surface area contributed by atoms with Gasteiger partial charge in [-0.05, 0) is 56.2 Å². The van der Waals surface area contributed by atoms with Crippen molar-refractivity contribution in [3.63, 3.8) is 0 Å². The van der Waals surface area contributed by atoms with Crippen LogP contribution in [0.15, 0.2) is 46.6 Å². The van der Waals surface area contributed by atoms with Gasteiger partial charge >= 0.3 is 0 Å². The zero-order chi connectivity index (χ0) is 19.3. The molecule has 0 aliphatic carbocycles. The van der Waals surface area contributed by atoms with Crippen molar-refractivity contribution in [3.8, 4) is 16.9 Å². The molecular formula is C21H20ClFN2O2S. The molecule has 0 spiro atoms. The first kappa shape index (κ1) is 20.3. The quantitative estimate of drug-likeness (QED) is 0.474. The number of hydrogen-bond acceptors (Lipinski definition) is 4. The fourth-order valence-electron chi connectivity index (χ4n) is 3.43. The molecule has 2 aromatic carbocycles. The van der Waals surface area contributed by atoms with Gasteiger partial charge < -0.3 is 15.0 Å². The second-order valence-corrected chi connectivity index (χ2v) is 7.79. The third kappa shape index (κ3) is 3.17. The maximum atomic E-state index is 14.8. The van der Waals surface area contributed by atoms with E-state index < -0.39 is 0 Å². The van der Waals surface area contributed by atoms with Crippen LogP contribution in [-0.2, 0) is 0 Å². The Morgan fingerprint density at radius 1 is 1.18 bits per heavy atom. The first-order chi connectivity index (χ1) is 12.9. The van der Waals surface area contributed by atoms with Crippen molar-refractivity contribution in [2.24, 2.45) is 0 Å². The number of phenolic OH excluding ortho intramolecular Hbond substituents is 1. The Kier molecular flexibility index (Phi) is 5.48. The molecule has 2 aromatic heterocycles. The number of H-pyrrole nitrogens is 1. The molecule has 1 unspecified atom stereocenters. The number of phenols is 1. The molecule has 4 aromatic rings. The summed E-state index contributed by atoms with van der Waals surface area (Å²) in [4.78, 5) is 17.0. The van der Waals surface area contributed by atoms with Crippen LogP contribution in [0, 0.1) is 5.82 Å². The summed E-state index contributed by atoms with van der Waals surface area (Å²) in [6, 6.07) is 10.0. The standard InChI is InChI=1S/C21H19FN2O2S.ClH/c1-11(24(2)3)13-5-4-12(10-15(13)22)18-17(25)7-6-16-19(18)14-8-9-27-20(14)21(26)23-16;/h4-11,25H,1-3H3,(H,23,26);1H. The first-order valence-corrected chi connectivity index (χ1v) is 9.48. The highest BCUT2D eigenvalue weighted by Crippen LogP contribution is 2.40. The molecule has 146 valence electrons. The predicted molar refractivity (Wildman–Crippen MR) is 116 cm³/mol. The third-order valence-electron chi connectivity index (χ3n) is 5.09. The van der Waals surface area contributed by atoms with E-state index in [-0.39, 0.29) is 35.6 Å². The van der Waals surface area contributed by atoms with Crippen molar-refractivity contribution in [2.75, 3.05) is 14.1 Å². The van der Waals surface area contributed by atoms with E-state index in [1.807, 2.05) is 43.4 Å². The molecule has 4 nitrogen and oxygen atoms in total. The molecule has 4 rings (SSSR count). The predicted octanol–water partition coefficient (Wildman–Crippen LogP) is 5.30. The van der Waals surface area contributed by atoms with Gasteiger partial charge in [0.05, 0.1) is 0 Å². The minimum Gasteiger partial charge on any atom is -0.507 e. The SMILES string of the molecule is CC(c1ccc(-c2c(O)ccc3[nH]c(=O)c4sccc4c23)cc1F)N(C)C.Cl. The second-order valence-electron chi connectivity index (χ2n) is 6.88. The number of aromatic nitrogens is 1. The van der Waals surface area contributed by atoms with Crippen LogP contribution in [0.1, 0.15) is 18.5 Å². The van der Waals surface area contributed by atoms with E-state index in [2.05, 4.69) is 4.98 Å². The summed E-state index contributed by atoms with van der Waals surface area (Å²) in [5, 5.41) is 13.9. The van der Waals surface area contributed by atoms with Crippen LogP contribution in [0.5, 0.6) is 5.75 Å². The van der Waals surface area contributed by atoms with Gasteiger partial charge in [-0.25, -0.2) is 4.39 Å². The fraction of sp³-hybridized carbons (Fsp3) is 0.190. The van der Waals surface area contributed by atoms with Gasteiger partial charge in [-0.3, -0.25) is 4.79 Å². The van der Waals surface area contributed by atoms with Gasteiger partial charge in [-0.2, -0.15) is 0 Å². The Labute approximate surface area is 171 Å². The molecule has 0 fully saturated rings. The van der Waals surface area contributed by atoms with E-state index >= 15 is 0 Å². The van der Waals surface area contributed by atoms with Crippen LogP contribution in [0.25, 0.3) is 32.1 Å². The van der Waals surface area contributed by atoms with Crippen molar-refractivity contribution in [3.05, 3.63) is 63.5 Å². The van der Waals surface area contributed by atoms with E-state index in [1.165, 1.54) is 23.5 Å². The molecule has 0 bridgehead atoms. The minimum absolute atomic E-state index is 0. The Balaban J connectivity index is 0.00000225. The van der Waals surface area contributed by atoms with Gasteiger partial charge in [-0.15, -0.1) is 23.7 Å². The Hall–Kier alpha value is -2.41. The number of nitrogens with one attached hydrogen (secondary N) is 1. The maximum Gasteiger partial charge on any atom is 0.266 e. The number of fused-ring (bicyclic) bond motifs is 3. The summed E-state index contributed by atoms with van der Waals surface area (Å²) >= 11 is 1.35. The number of aromatic amines is 1. The number of pyridine rings is 1. The van der Waals surface area contributed by atoms with Crippen LogP contribution in [0.3, 0.4) is 0 Å². The van der Waals surface area contributed by atoms with E-state index in [0.29, 0.717) is 26.9 Å². The lowest BCUT2D eigenvalue weighted by molar-refractivity contribution is 0.313. The normalized spacial score (nSPS) is 12.5. The maximum absolute atomic E-state index is 14.8. The zero-order valence-electron chi connectivity index (χ0n) is 15.6. The molecule has 0 aliphatic rings. The monoisotopic (exact) mass is 418 g/mol. The van der Waals surface area contributed by atoms with E-state index in [9.17, 15) is 14.3 Å². The van der Waals surface area contributed by atoms with Gasteiger partial charge in [0, 0.05) is 33.5 Å². The summed E-state index contributed by atoms with van der Waals surface area (Å²) in [7, 11) is 3.80. The highest BCUT2D eigenvalue weighted by Gasteiger charge is 2.18. The van der Waals surface area contributed by atoms with Crippen molar-refractivity contribution >= 4 is 44.7 Å². The highest BCUT2D eigenvalue weighted by atomic mass is 35.5. The number of benzene rings is 2. The highest BCUT2D eigenvalue weighted by molar-refractivity contribution is 7.17. The summed E-state index contributed by atoms with van der Waals surface area (Å²) in [5.74, 6) is -0.272. The smallest absolute Gasteiger partial charge is 0.266 e. The molecule has 2 heterocycles. The van der Waals surface area contributed by atoms with Crippen LogP contribution < -0.4 is 5.56 Å². The summed E-state index contributed by atoms with van der Waals surface area (Å²) < 4.78 is 15.4. The van der Waals surface area contributed by atoms with Gasteiger partial charge in [0.1, 0.15) is 16.3 Å². The molecule has 0 radical (unpaired) electrons. The minimum atomic E-state index is -0.323. The second kappa shape index (κ2) is 7.54. The van der Waals surface area contributed by atoms with Gasteiger partial charge in [0.15, 0.2) is 0 Å². The Morgan fingerprint density at radius 2 is 1.93 bits per heavy atom. The number of thiophene rings is 1. The van der Waals surface area contributed by atoms with E-state index in [4.69, 9.17) is 0 Å². The Bertz CT molecular complexity index is 1230. The van der Waals surface area contributed by atoms with Gasteiger partial charge in [0.25, 0.3) is 5.56 Å². The van der Waals surface area contributed by atoms with Crippen LogP contribution >= 0.6 is 23.7 Å². The lowest BCUT2D eigenvalue weighted by Gasteiger charge is -2.21. The molecule has 2 N–H and O–H groups in total.